The summed E-state index contributed by atoms with van der Waals surface area (Å²) in [5, 5.41) is 7.73. The summed E-state index contributed by atoms with van der Waals surface area (Å²) >= 11 is 0. The molecule has 2 heterocycles. The highest BCUT2D eigenvalue weighted by Crippen LogP contribution is 2.15. The first-order valence-electron chi connectivity index (χ1n) is 6.86. The topological polar surface area (TPSA) is 42.7 Å². The van der Waals surface area contributed by atoms with Gasteiger partial charge in [-0.15, -0.1) is 0 Å². The molecule has 20 heavy (non-hydrogen) atoms. The third kappa shape index (κ3) is 3.42. The Morgan fingerprint density at radius 2 is 2.05 bits per heavy atom. The molecule has 0 spiro atoms. The Morgan fingerprint density at radius 1 is 1.30 bits per heavy atom. The van der Waals surface area contributed by atoms with Crippen LogP contribution < -0.4 is 5.32 Å². The first-order valence-corrected chi connectivity index (χ1v) is 6.86. The lowest BCUT2D eigenvalue weighted by Crippen LogP contribution is -2.21. The first kappa shape index (κ1) is 14.7. The molecule has 108 valence electrons. The Kier molecular flexibility index (Phi) is 4.49. The third-order valence-electron chi connectivity index (χ3n) is 2.99. The summed E-state index contributed by atoms with van der Waals surface area (Å²) in [5.41, 5.74) is 2.73. The molecule has 0 bridgehead atoms. The predicted molar refractivity (Wildman–Crippen MR) is 77.3 cm³/mol. The summed E-state index contributed by atoms with van der Waals surface area (Å²) < 4.78 is 15.2. The van der Waals surface area contributed by atoms with Crippen molar-refractivity contribution < 1.29 is 4.39 Å². The quantitative estimate of drug-likeness (QED) is 0.913. The van der Waals surface area contributed by atoms with Crippen LogP contribution in [0.4, 0.5) is 4.39 Å². The fraction of sp³-hybridized carbons (Fsp3) is 0.467. The second kappa shape index (κ2) is 6.13. The zero-order chi connectivity index (χ0) is 14.7. The van der Waals surface area contributed by atoms with Gasteiger partial charge in [-0.1, -0.05) is 13.8 Å². The van der Waals surface area contributed by atoms with Crippen LogP contribution >= 0.6 is 0 Å². The molecule has 0 fully saturated rings. The highest BCUT2D eigenvalue weighted by atomic mass is 19.1. The van der Waals surface area contributed by atoms with Crippen molar-refractivity contribution in [3.63, 3.8) is 0 Å². The van der Waals surface area contributed by atoms with Gasteiger partial charge >= 0.3 is 0 Å². The fourth-order valence-electron chi connectivity index (χ4n) is 2.13. The van der Waals surface area contributed by atoms with Crippen molar-refractivity contribution in [3.05, 3.63) is 41.1 Å². The maximum Gasteiger partial charge on any atom is 0.158 e. The van der Waals surface area contributed by atoms with Gasteiger partial charge in [-0.2, -0.15) is 5.10 Å². The summed E-state index contributed by atoms with van der Waals surface area (Å²) in [6.07, 6.45) is 1.23. The van der Waals surface area contributed by atoms with Crippen molar-refractivity contribution in [1.82, 2.24) is 20.1 Å². The minimum absolute atomic E-state index is 0.323. The van der Waals surface area contributed by atoms with E-state index in [9.17, 15) is 4.39 Å². The van der Waals surface area contributed by atoms with E-state index in [1.165, 1.54) is 12.3 Å². The lowest BCUT2D eigenvalue weighted by molar-refractivity contribution is 0.546. The molecule has 2 rings (SSSR count). The van der Waals surface area contributed by atoms with Crippen molar-refractivity contribution >= 4 is 0 Å². The molecule has 0 saturated carbocycles. The highest BCUT2D eigenvalue weighted by Gasteiger charge is 2.11. The van der Waals surface area contributed by atoms with Gasteiger partial charge in [0.15, 0.2) is 5.82 Å². The SMILES string of the molecule is Cc1cc(C)n(-c2ncc(F)cc2CNCC(C)C)n1. The second-order valence-corrected chi connectivity index (χ2v) is 5.50. The van der Waals surface area contributed by atoms with Crippen LogP contribution in [-0.4, -0.2) is 21.3 Å². The van der Waals surface area contributed by atoms with Crippen LogP contribution in [0, 0.1) is 25.6 Å². The van der Waals surface area contributed by atoms with Gasteiger partial charge in [0.25, 0.3) is 0 Å². The number of hydrogen-bond donors (Lipinski definition) is 1. The standard InChI is InChI=1S/C15H21FN4/c1-10(2)7-17-8-13-6-14(16)9-18-15(13)20-12(4)5-11(3)19-20/h5-6,9-10,17H,7-8H2,1-4H3. The van der Waals surface area contributed by atoms with Gasteiger partial charge in [0, 0.05) is 17.8 Å². The van der Waals surface area contributed by atoms with E-state index in [1.807, 2.05) is 19.9 Å². The molecule has 0 amide bonds. The monoisotopic (exact) mass is 276 g/mol. The van der Waals surface area contributed by atoms with Crippen LogP contribution in [0.2, 0.25) is 0 Å². The van der Waals surface area contributed by atoms with Crippen molar-refractivity contribution in [2.45, 2.75) is 34.2 Å². The van der Waals surface area contributed by atoms with Crippen molar-refractivity contribution in [1.29, 1.82) is 0 Å². The molecule has 0 saturated heterocycles. The van der Waals surface area contributed by atoms with Crippen molar-refractivity contribution in [2.75, 3.05) is 6.54 Å². The van der Waals surface area contributed by atoms with Crippen molar-refractivity contribution in [2.24, 2.45) is 5.92 Å². The van der Waals surface area contributed by atoms with Gasteiger partial charge in [-0.25, -0.2) is 14.1 Å². The smallest absolute Gasteiger partial charge is 0.158 e. The number of halogens is 1. The molecule has 2 aromatic heterocycles. The molecular weight excluding hydrogens is 255 g/mol. The van der Waals surface area contributed by atoms with E-state index in [-0.39, 0.29) is 5.82 Å². The van der Waals surface area contributed by atoms with E-state index in [1.54, 1.807) is 4.68 Å². The number of aromatic nitrogens is 3. The Morgan fingerprint density at radius 3 is 2.65 bits per heavy atom. The second-order valence-electron chi connectivity index (χ2n) is 5.50. The lowest BCUT2D eigenvalue weighted by Gasteiger charge is -2.12. The van der Waals surface area contributed by atoms with Gasteiger partial charge in [0.05, 0.1) is 11.9 Å². The molecule has 0 radical (unpaired) electrons. The maximum absolute atomic E-state index is 13.4. The lowest BCUT2D eigenvalue weighted by atomic mass is 10.2. The van der Waals surface area contributed by atoms with E-state index < -0.39 is 0 Å². The van der Waals surface area contributed by atoms with E-state index in [0.717, 1.165) is 23.5 Å². The minimum Gasteiger partial charge on any atom is -0.312 e. The third-order valence-corrected chi connectivity index (χ3v) is 2.99. The van der Waals surface area contributed by atoms with E-state index >= 15 is 0 Å². The minimum atomic E-state index is -0.323. The Labute approximate surface area is 119 Å². The molecule has 1 N–H and O–H groups in total. The largest absolute Gasteiger partial charge is 0.312 e. The molecule has 0 aliphatic rings. The summed E-state index contributed by atoms with van der Waals surface area (Å²) in [7, 11) is 0. The number of nitrogens with zero attached hydrogens (tertiary/aromatic N) is 3. The van der Waals surface area contributed by atoms with E-state index in [0.29, 0.717) is 18.3 Å². The van der Waals surface area contributed by atoms with Gasteiger partial charge in [-0.05, 0) is 38.4 Å². The van der Waals surface area contributed by atoms with Gasteiger partial charge in [-0.3, -0.25) is 0 Å². The van der Waals surface area contributed by atoms with Gasteiger partial charge in [0.2, 0.25) is 0 Å². The molecule has 0 unspecified atom stereocenters. The number of rotatable bonds is 5. The van der Waals surface area contributed by atoms with Crippen LogP contribution in [0.25, 0.3) is 5.82 Å². The Hall–Kier alpha value is -1.75. The van der Waals surface area contributed by atoms with Crippen LogP contribution in [0.15, 0.2) is 18.3 Å². The van der Waals surface area contributed by atoms with Gasteiger partial charge < -0.3 is 5.32 Å². The number of nitrogens with one attached hydrogen (secondary N) is 1. The summed E-state index contributed by atoms with van der Waals surface area (Å²) in [4.78, 5) is 4.21. The number of hydrogen-bond acceptors (Lipinski definition) is 3. The summed E-state index contributed by atoms with van der Waals surface area (Å²) in [5.74, 6) is 0.915. The molecule has 4 nitrogen and oxygen atoms in total. The molecule has 5 heteroatoms. The molecule has 0 aromatic carbocycles. The highest BCUT2D eigenvalue weighted by molar-refractivity contribution is 5.35. The first-order chi connectivity index (χ1) is 9.47. The zero-order valence-corrected chi connectivity index (χ0v) is 12.4. The summed E-state index contributed by atoms with van der Waals surface area (Å²) in [6.45, 7) is 9.64. The van der Waals surface area contributed by atoms with Crippen LogP contribution in [0.1, 0.15) is 30.8 Å². The molecule has 0 atom stereocenters. The summed E-state index contributed by atoms with van der Waals surface area (Å²) in [6, 6.07) is 3.50. The van der Waals surface area contributed by atoms with E-state index in [2.05, 4.69) is 29.2 Å². The molecule has 2 aromatic rings. The Balaban J connectivity index is 2.30. The fourth-order valence-corrected chi connectivity index (χ4v) is 2.13. The maximum atomic E-state index is 13.4. The number of pyridine rings is 1. The molecule has 0 aliphatic heterocycles. The zero-order valence-electron chi connectivity index (χ0n) is 12.4. The van der Waals surface area contributed by atoms with Crippen LogP contribution in [-0.2, 0) is 6.54 Å². The predicted octanol–water partition coefficient (Wildman–Crippen LogP) is 2.77. The average molecular weight is 276 g/mol. The normalized spacial score (nSPS) is 11.3. The average Bonchev–Trinajstić information content (AvgIpc) is 2.68. The molecule has 0 aliphatic carbocycles. The Bertz CT molecular complexity index is 590. The van der Waals surface area contributed by atoms with Gasteiger partial charge in [0.1, 0.15) is 5.82 Å². The van der Waals surface area contributed by atoms with Crippen LogP contribution in [0.5, 0.6) is 0 Å². The van der Waals surface area contributed by atoms with E-state index in [4.69, 9.17) is 0 Å². The number of aryl methyl sites for hydroxylation is 2. The molecular formula is C15H21FN4. The van der Waals surface area contributed by atoms with Crippen LogP contribution in [0.3, 0.4) is 0 Å². The van der Waals surface area contributed by atoms with Crippen molar-refractivity contribution in [3.8, 4) is 5.82 Å².